The molecule has 0 saturated carbocycles. The van der Waals surface area contributed by atoms with Crippen molar-refractivity contribution < 1.29 is 32.2 Å². The molecule has 0 radical (unpaired) electrons. The number of carbonyl (C=O) groups is 1. The summed E-state index contributed by atoms with van der Waals surface area (Å²) in [4.78, 5) is 17.6. The number of carbonyl (C=O) groups excluding carboxylic acids is 1. The number of nitrogens with zero attached hydrogens (tertiary/aromatic N) is 2. The van der Waals surface area contributed by atoms with Gasteiger partial charge in [0.1, 0.15) is 6.61 Å². The Morgan fingerprint density at radius 3 is 2.74 bits per heavy atom. The van der Waals surface area contributed by atoms with E-state index < -0.39 is 24.3 Å². The van der Waals surface area contributed by atoms with E-state index in [9.17, 15) is 18.0 Å². The van der Waals surface area contributed by atoms with Gasteiger partial charge in [0.15, 0.2) is 11.6 Å². The van der Waals surface area contributed by atoms with Crippen molar-refractivity contribution in [1.82, 2.24) is 9.88 Å². The zero-order valence-electron chi connectivity index (χ0n) is 14.6. The van der Waals surface area contributed by atoms with Crippen LogP contribution in [0.5, 0.6) is 11.6 Å². The van der Waals surface area contributed by atoms with Crippen LogP contribution in [0, 0.1) is 5.82 Å². The monoisotopic (exact) mass is 382 g/mol. The van der Waals surface area contributed by atoms with Crippen LogP contribution in [0.4, 0.5) is 18.0 Å². The quantitative estimate of drug-likeness (QED) is 0.760. The molecule has 0 bridgehead atoms. The van der Waals surface area contributed by atoms with E-state index in [1.54, 1.807) is 6.07 Å². The Labute approximate surface area is 153 Å². The third kappa shape index (κ3) is 4.07. The van der Waals surface area contributed by atoms with E-state index in [-0.39, 0.29) is 12.6 Å². The zero-order chi connectivity index (χ0) is 19.6. The number of amides is 1. The minimum Gasteiger partial charge on any atom is -0.481 e. The third-order valence-electron chi connectivity index (χ3n) is 4.15. The smallest absolute Gasteiger partial charge is 0.410 e. The number of aromatic nitrogens is 1. The van der Waals surface area contributed by atoms with Gasteiger partial charge in [-0.2, -0.15) is 8.78 Å². The molecule has 0 unspecified atom stereocenters. The lowest BCUT2D eigenvalue weighted by molar-refractivity contribution is -0.0521. The molecule has 1 fully saturated rings. The van der Waals surface area contributed by atoms with Gasteiger partial charge in [0.25, 0.3) is 0 Å². The summed E-state index contributed by atoms with van der Waals surface area (Å²) in [5.74, 6) is -1.14. The number of alkyl halides is 2. The Balaban J connectivity index is 1.94. The number of pyridine rings is 1. The average Bonchev–Trinajstić information content (AvgIpc) is 2.95. The highest BCUT2D eigenvalue weighted by Crippen LogP contribution is 2.30. The Morgan fingerprint density at radius 1 is 1.33 bits per heavy atom. The van der Waals surface area contributed by atoms with Crippen LogP contribution in [0.25, 0.3) is 11.1 Å². The van der Waals surface area contributed by atoms with E-state index in [4.69, 9.17) is 9.47 Å². The van der Waals surface area contributed by atoms with Gasteiger partial charge in [-0.3, -0.25) is 4.90 Å². The van der Waals surface area contributed by atoms with Gasteiger partial charge in [0.2, 0.25) is 5.88 Å². The highest BCUT2D eigenvalue weighted by atomic mass is 19.3. The molecule has 2 heterocycles. The molecule has 27 heavy (non-hydrogen) atoms. The van der Waals surface area contributed by atoms with Crippen molar-refractivity contribution in [3.8, 4) is 22.8 Å². The number of ether oxygens (including phenoxy) is 3. The van der Waals surface area contributed by atoms with Crippen LogP contribution in [-0.4, -0.2) is 42.3 Å². The van der Waals surface area contributed by atoms with E-state index >= 15 is 0 Å². The lowest BCUT2D eigenvalue weighted by atomic mass is 10.0. The summed E-state index contributed by atoms with van der Waals surface area (Å²) < 4.78 is 52.9. The van der Waals surface area contributed by atoms with Crippen molar-refractivity contribution >= 4 is 6.09 Å². The molecule has 9 heteroatoms. The molecule has 0 aliphatic carbocycles. The molecular formula is C18H17F3N2O4. The first kappa shape index (κ1) is 18.8. The fraction of sp³-hybridized carbons (Fsp3) is 0.333. The summed E-state index contributed by atoms with van der Waals surface area (Å²) in [5.41, 5.74) is 1.56. The third-order valence-corrected chi connectivity index (χ3v) is 4.15. The molecule has 0 spiro atoms. The second-order valence-electron chi connectivity index (χ2n) is 5.97. The van der Waals surface area contributed by atoms with Crippen LogP contribution in [0.1, 0.15) is 12.5 Å². The first-order valence-corrected chi connectivity index (χ1v) is 8.10. The van der Waals surface area contributed by atoms with Crippen LogP contribution in [0.3, 0.4) is 0 Å². The topological polar surface area (TPSA) is 60.9 Å². The summed E-state index contributed by atoms with van der Waals surface area (Å²) in [6.45, 7) is -0.795. The molecule has 6 nitrogen and oxygen atoms in total. The molecular weight excluding hydrogens is 365 g/mol. The van der Waals surface area contributed by atoms with Gasteiger partial charge in [-0.1, -0.05) is 6.07 Å². The Kier molecular flexibility index (Phi) is 5.38. The maximum absolute atomic E-state index is 13.6. The van der Waals surface area contributed by atoms with Crippen LogP contribution in [0.2, 0.25) is 0 Å². The molecule has 1 saturated heterocycles. The van der Waals surface area contributed by atoms with Crippen molar-refractivity contribution in [3.05, 3.63) is 41.8 Å². The molecule has 1 aliphatic heterocycles. The Hall–Kier alpha value is -2.97. The summed E-state index contributed by atoms with van der Waals surface area (Å²) in [6, 6.07) is 5.22. The molecule has 1 amide bonds. The highest BCUT2D eigenvalue weighted by Gasteiger charge is 2.30. The van der Waals surface area contributed by atoms with Gasteiger partial charge in [-0.05, 0) is 30.7 Å². The maximum atomic E-state index is 13.6. The van der Waals surface area contributed by atoms with Crippen LogP contribution in [-0.2, 0) is 11.3 Å². The van der Waals surface area contributed by atoms with Gasteiger partial charge in [-0.25, -0.2) is 14.2 Å². The summed E-state index contributed by atoms with van der Waals surface area (Å²) in [6.07, 6.45) is 1.03. The number of cyclic esters (lactones) is 1. The summed E-state index contributed by atoms with van der Waals surface area (Å²) in [5, 5.41) is 0. The SMILES string of the molecule is COc1ncc(-c2ccc(F)c(OC(F)F)c2)cc1CN1C(=O)OC[C@@H]1C. The molecule has 1 aromatic carbocycles. The van der Waals surface area contributed by atoms with Gasteiger partial charge >= 0.3 is 12.7 Å². The molecule has 2 aromatic rings. The summed E-state index contributed by atoms with van der Waals surface area (Å²) >= 11 is 0. The van der Waals surface area contributed by atoms with Crippen molar-refractivity contribution in [3.63, 3.8) is 0 Å². The predicted molar refractivity (Wildman–Crippen MR) is 89.2 cm³/mol. The lowest BCUT2D eigenvalue weighted by Crippen LogP contribution is -2.30. The maximum Gasteiger partial charge on any atom is 0.410 e. The minimum absolute atomic E-state index is 0.109. The van der Waals surface area contributed by atoms with Crippen LogP contribution >= 0.6 is 0 Å². The molecule has 3 rings (SSSR count). The van der Waals surface area contributed by atoms with Gasteiger partial charge in [0, 0.05) is 17.3 Å². The number of rotatable bonds is 6. The molecule has 1 atom stereocenters. The zero-order valence-corrected chi connectivity index (χ0v) is 14.6. The largest absolute Gasteiger partial charge is 0.481 e. The van der Waals surface area contributed by atoms with Gasteiger partial charge in [-0.15, -0.1) is 0 Å². The van der Waals surface area contributed by atoms with Gasteiger partial charge < -0.3 is 14.2 Å². The van der Waals surface area contributed by atoms with Crippen molar-refractivity contribution in [2.45, 2.75) is 26.1 Å². The molecule has 1 aliphatic rings. The van der Waals surface area contributed by atoms with E-state index in [2.05, 4.69) is 9.72 Å². The standard InChI is InChI=1S/C18H17F3N2O4/c1-10-9-26-18(24)23(10)8-13-5-12(7-22-16(13)25-2)11-3-4-14(19)15(6-11)27-17(20)21/h3-7,10,17H,8-9H2,1-2H3/t10-/m0/s1. The second-order valence-corrected chi connectivity index (χ2v) is 5.97. The fourth-order valence-corrected chi connectivity index (χ4v) is 2.77. The van der Waals surface area contributed by atoms with Crippen LogP contribution in [0.15, 0.2) is 30.5 Å². The average molecular weight is 382 g/mol. The number of halogens is 3. The van der Waals surface area contributed by atoms with E-state index in [1.165, 1.54) is 30.3 Å². The lowest BCUT2D eigenvalue weighted by Gasteiger charge is -2.19. The first-order chi connectivity index (χ1) is 12.9. The van der Waals surface area contributed by atoms with E-state index in [0.29, 0.717) is 29.2 Å². The minimum atomic E-state index is -3.14. The first-order valence-electron chi connectivity index (χ1n) is 8.10. The van der Waals surface area contributed by atoms with Gasteiger partial charge in [0.05, 0.1) is 19.7 Å². The van der Waals surface area contributed by atoms with Crippen LogP contribution < -0.4 is 9.47 Å². The number of hydrogen-bond donors (Lipinski definition) is 0. The van der Waals surface area contributed by atoms with E-state index in [1.807, 2.05) is 6.92 Å². The Bertz CT molecular complexity index is 847. The normalized spacial score (nSPS) is 16.6. The second kappa shape index (κ2) is 7.73. The molecule has 144 valence electrons. The molecule has 1 aromatic heterocycles. The summed E-state index contributed by atoms with van der Waals surface area (Å²) in [7, 11) is 1.45. The fourth-order valence-electron chi connectivity index (χ4n) is 2.77. The van der Waals surface area contributed by atoms with Crippen molar-refractivity contribution in [1.29, 1.82) is 0 Å². The number of methoxy groups -OCH3 is 1. The van der Waals surface area contributed by atoms with Crippen molar-refractivity contribution in [2.24, 2.45) is 0 Å². The number of benzene rings is 1. The predicted octanol–water partition coefficient (Wildman–Crippen LogP) is 3.84. The number of hydrogen-bond acceptors (Lipinski definition) is 5. The van der Waals surface area contributed by atoms with E-state index in [0.717, 1.165) is 6.07 Å². The molecule has 0 N–H and O–H groups in total. The Morgan fingerprint density at radius 2 is 2.11 bits per heavy atom. The van der Waals surface area contributed by atoms with Crippen molar-refractivity contribution in [2.75, 3.05) is 13.7 Å². The highest BCUT2D eigenvalue weighted by molar-refractivity contribution is 5.70.